The Bertz CT molecular complexity index is 319. The lowest BCUT2D eigenvalue weighted by atomic mass is 10.2. The number of aryl methyl sites for hydroxylation is 1. The van der Waals surface area contributed by atoms with E-state index in [1.807, 2.05) is 19.1 Å². The zero-order chi connectivity index (χ0) is 9.68. The summed E-state index contributed by atoms with van der Waals surface area (Å²) < 4.78 is 0. The minimum Gasteiger partial charge on any atom is -0.333 e. The number of benzene rings is 1. The molecule has 0 atom stereocenters. The fourth-order valence-electron chi connectivity index (χ4n) is 0.719. The van der Waals surface area contributed by atoms with Gasteiger partial charge < -0.3 is 5.73 Å². The van der Waals surface area contributed by atoms with Gasteiger partial charge in [-0.15, -0.1) is 5.11 Å². The molecule has 0 aliphatic rings. The summed E-state index contributed by atoms with van der Waals surface area (Å²) in [6.45, 7) is 1.96. The van der Waals surface area contributed by atoms with Gasteiger partial charge in [-0.05, 0) is 19.1 Å². The van der Waals surface area contributed by atoms with E-state index in [9.17, 15) is 4.79 Å². The highest BCUT2D eigenvalue weighted by atomic mass is 16.7. The molecule has 0 fully saturated rings. The van der Waals surface area contributed by atoms with Gasteiger partial charge in [0.25, 0.3) is 0 Å². The Morgan fingerprint density at radius 2 is 2.00 bits per heavy atom. The van der Waals surface area contributed by atoms with Crippen molar-refractivity contribution in [2.24, 2.45) is 16.1 Å². The van der Waals surface area contributed by atoms with Crippen LogP contribution in [0.1, 0.15) is 5.56 Å². The zero-order valence-electron chi connectivity index (χ0n) is 7.10. The molecule has 0 bridgehead atoms. The molecule has 0 aliphatic heterocycles. The first-order valence-electron chi connectivity index (χ1n) is 3.62. The summed E-state index contributed by atoms with van der Waals surface area (Å²) in [5.74, 6) is 0. The van der Waals surface area contributed by atoms with E-state index < -0.39 is 6.09 Å². The van der Waals surface area contributed by atoms with Gasteiger partial charge in [-0.3, -0.25) is 4.84 Å². The number of carbonyl (C=O) groups excluding carboxylic acids is 1. The van der Waals surface area contributed by atoms with Crippen LogP contribution in [0.5, 0.6) is 0 Å². The average Bonchev–Trinajstić information content (AvgIpc) is 2.08. The lowest BCUT2D eigenvalue weighted by molar-refractivity contribution is 0.153. The number of hydrogen-bond acceptors (Lipinski definition) is 4. The summed E-state index contributed by atoms with van der Waals surface area (Å²) in [5.41, 5.74) is 6.39. The average molecular weight is 179 g/mol. The highest BCUT2D eigenvalue weighted by Gasteiger charge is 1.90. The van der Waals surface area contributed by atoms with Gasteiger partial charge in [-0.25, -0.2) is 4.79 Å². The van der Waals surface area contributed by atoms with E-state index >= 15 is 0 Å². The van der Waals surface area contributed by atoms with Crippen molar-refractivity contribution in [2.75, 3.05) is 0 Å². The Morgan fingerprint density at radius 1 is 1.38 bits per heavy atom. The lowest BCUT2D eigenvalue weighted by Gasteiger charge is -1.92. The first kappa shape index (κ1) is 9.18. The summed E-state index contributed by atoms with van der Waals surface area (Å²) in [6, 6.07) is 7.25. The first-order chi connectivity index (χ1) is 6.18. The summed E-state index contributed by atoms with van der Waals surface area (Å²) in [5, 5.41) is 6.71. The Morgan fingerprint density at radius 3 is 2.54 bits per heavy atom. The maximum absolute atomic E-state index is 10.1. The van der Waals surface area contributed by atoms with Crippen LogP contribution in [0.25, 0.3) is 0 Å². The van der Waals surface area contributed by atoms with Crippen molar-refractivity contribution in [3.8, 4) is 0 Å². The molecule has 0 aliphatic carbocycles. The van der Waals surface area contributed by atoms with Crippen molar-refractivity contribution in [3.05, 3.63) is 29.8 Å². The molecule has 1 amide bonds. The third-order valence-corrected chi connectivity index (χ3v) is 1.32. The normalized spacial score (nSPS) is 10.2. The number of nitrogens with zero attached hydrogens (tertiary/aromatic N) is 2. The molecule has 5 heteroatoms. The quantitative estimate of drug-likeness (QED) is 0.557. The minimum atomic E-state index is -0.976. The molecule has 13 heavy (non-hydrogen) atoms. The Hall–Kier alpha value is -1.91. The zero-order valence-corrected chi connectivity index (χ0v) is 7.10. The molecule has 1 rings (SSSR count). The highest BCUT2D eigenvalue weighted by molar-refractivity contribution is 5.64. The van der Waals surface area contributed by atoms with Crippen LogP contribution in [-0.2, 0) is 4.84 Å². The van der Waals surface area contributed by atoms with Crippen LogP contribution in [0, 0.1) is 6.92 Å². The van der Waals surface area contributed by atoms with Crippen molar-refractivity contribution in [3.63, 3.8) is 0 Å². The van der Waals surface area contributed by atoms with Crippen molar-refractivity contribution in [2.45, 2.75) is 6.92 Å². The Labute approximate surface area is 75.2 Å². The van der Waals surface area contributed by atoms with Gasteiger partial charge in [0.1, 0.15) is 0 Å². The predicted molar refractivity (Wildman–Crippen MR) is 46.4 cm³/mol. The summed E-state index contributed by atoms with van der Waals surface area (Å²) in [7, 11) is 0. The molecule has 0 aromatic heterocycles. The molecule has 1 aromatic carbocycles. The highest BCUT2D eigenvalue weighted by Crippen LogP contribution is 2.12. The van der Waals surface area contributed by atoms with Crippen LogP contribution in [0.4, 0.5) is 10.5 Å². The summed E-state index contributed by atoms with van der Waals surface area (Å²) in [6.07, 6.45) is -0.976. The van der Waals surface area contributed by atoms with Gasteiger partial charge in [0, 0.05) is 5.28 Å². The third kappa shape index (κ3) is 3.33. The van der Waals surface area contributed by atoms with Gasteiger partial charge >= 0.3 is 6.09 Å². The van der Waals surface area contributed by atoms with Gasteiger partial charge in [0.15, 0.2) is 0 Å². The van der Waals surface area contributed by atoms with Crippen molar-refractivity contribution < 1.29 is 9.63 Å². The molecule has 5 nitrogen and oxygen atoms in total. The van der Waals surface area contributed by atoms with Gasteiger partial charge in [-0.2, -0.15) is 0 Å². The van der Waals surface area contributed by atoms with Gasteiger partial charge in [0.2, 0.25) is 0 Å². The summed E-state index contributed by atoms with van der Waals surface area (Å²) >= 11 is 0. The Kier molecular flexibility index (Phi) is 2.97. The number of carbonyl (C=O) groups is 1. The molecule has 1 aromatic rings. The largest absolute Gasteiger partial charge is 0.432 e. The van der Waals surface area contributed by atoms with Crippen LogP contribution >= 0.6 is 0 Å². The van der Waals surface area contributed by atoms with Gasteiger partial charge in [0.05, 0.1) is 5.69 Å². The van der Waals surface area contributed by atoms with Crippen LogP contribution in [0.3, 0.4) is 0 Å². The molecule has 0 saturated carbocycles. The molecular weight excluding hydrogens is 170 g/mol. The van der Waals surface area contributed by atoms with E-state index in [4.69, 9.17) is 0 Å². The molecule has 68 valence electrons. The van der Waals surface area contributed by atoms with E-state index in [-0.39, 0.29) is 0 Å². The second-order valence-corrected chi connectivity index (χ2v) is 2.43. The molecule has 0 saturated heterocycles. The Balaban J connectivity index is 2.59. The van der Waals surface area contributed by atoms with Gasteiger partial charge in [-0.1, -0.05) is 17.7 Å². The number of hydrogen-bond donors (Lipinski definition) is 1. The molecule has 0 spiro atoms. The first-order valence-corrected chi connectivity index (χ1v) is 3.62. The van der Waals surface area contributed by atoms with Crippen LogP contribution in [0.2, 0.25) is 0 Å². The maximum Gasteiger partial charge on any atom is 0.432 e. The fourth-order valence-corrected chi connectivity index (χ4v) is 0.719. The lowest BCUT2D eigenvalue weighted by Crippen LogP contribution is -2.08. The van der Waals surface area contributed by atoms with E-state index in [1.165, 1.54) is 0 Å². The van der Waals surface area contributed by atoms with Crippen LogP contribution in [-0.4, -0.2) is 6.09 Å². The molecule has 0 heterocycles. The van der Waals surface area contributed by atoms with E-state index in [0.717, 1.165) is 5.56 Å². The maximum atomic E-state index is 10.1. The minimum absolute atomic E-state index is 0.604. The number of rotatable bonds is 2. The van der Waals surface area contributed by atoms with Crippen molar-refractivity contribution in [1.82, 2.24) is 0 Å². The topological polar surface area (TPSA) is 77.0 Å². The standard InChI is InChI=1S/C8H9N3O2/c1-6-2-4-7(5-3-6)10-11-13-8(9)12/h2-5H,1H3,(H2,9,12). The van der Waals surface area contributed by atoms with Crippen molar-refractivity contribution >= 4 is 11.8 Å². The predicted octanol–water partition coefficient (Wildman–Crippen LogP) is 2.09. The SMILES string of the molecule is Cc1ccc(N=NOC(N)=O)cc1. The third-order valence-electron chi connectivity index (χ3n) is 1.32. The molecular formula is C8H9N3O2. The number of amides is 1. The second kappa shape index (κ2) is 4.20. The van der Waals surface area contributed by atoms with Crippen molar-refractivity contribution in [1.29, 1.82) is 0 Å². The fraction of sp³-hybridized carbons (Fsp3) is 0.125. The molecule has 0 unspecified atom stereocenters. The van der Waals surface area contributed by atoms with Crippen LogP contribution in [0.15, 0.2) is 34.7 Å². The monoisotopic (exact) mass is 179 g/mol. The van der Waals surface area contributed by atoms with Crippen LogP contribution < -0.4 is 5.73 Å². The van der Waals surface area contributed by atoms with E-state index in [2.05, 4.69) is 21.0 Å². The van der Waals surface area contributed by atoms with E-state index in [1.54, 1.807) is 12.1 Å². The summed E-state index contributed by atoms with van der Waals surface area (Å²) in [4.78, 5) is 14.2. The number of nitrogens with two attached hydrogens (primary N) is 1. The van der Waals surface area contributed by atoms with E-state index in [0.29, 0.717) is 5.69 Å². The number of primary amides is 1. The molecule has 0 radical (unpaired) electrons. The smallest absolute Gasteiger partial charge is 0.333 e. The molecule has 2 N–H and O–H groups in total. The second-order valence-electron chi connectivity index (χ2n) is 2.43.